The van der Waals surface area contributed by atoms with E-state index in [2.05, 4.69) is 4.72 Å². The van der Waals surface area contributed by atoms with E-state index in [1.54, 1.807) is 0 Å². The summed E-state index contributed by atoms with van der Waals surface area (Å²) in [5, 5.41) is 0.432. The van der Waals surface area contributed by atoms with Crippen LogP contribution in [0.25, 0.3) is 0 Å². The summed E-state index contributed by atoms with van der Waals surface area (Å²) in [4.78, 5) is 12.0. The van der Waals surface area contributed by atoms with Crippen LogP contribution in [0.4, 0.5) is 0 Å². The fraction of sp³-hybridized carbons (Fsp3) is 0.235. The van der Waals surface area contributed by atoms with Gasteiger partial charge in [-0.3, -0.25) is 4.79 Å². The van der Waals surface area contributed by atoms with Gasteiger partial charge in [0.25, 0.3) is 0 Å². The van der Waals surface area contributed by atoms with Gasteiger partial charge in [0.1, 0.15) is 6.04 Å². The molecule has 0 saturated heterocycles. The first-order valence-electron chi connectivity index (χ1n) is 7.40. The minimum Gasteiger partial charge on any atom is -0.468 e. The number of esters is 1. The Labute approximate surface area is 156 Å². The zero-order valence-corrected chi connectivity index (χ0v) is 15.9. The van der Waals surface area contributed by atoms with Gasteiger partial charge in [-0.05, 0) is 29.8 Å². The maximum Gasteiger partial charge on any atom is 0.324 e. The molecule has 2 aromatic carbocycles. The molecule has 1 unspecified atom stereocenters. The molecule has 25 heavy (non-hydrogen) atoms. The third-order valence-corrected chi connectivity index (χ3v) is 6.15. The van der Waals surface area contributed by atoms with E-state index in [1.807, 2.05) is 30.3 Å². The lowest BCUT2D eigenvalue weighted by atomic mass is 10.2. The normalized spacial score (nSPS) is 12.6. The average molecular weight is 400 g/mol. The van der Waals surface area contributed by atoms with Crippen molar-refractivity contribution in [3.05, 3.63) is 65.2 Å². The van der Waals surface area contributed by atoms with Crippen LogP contribution in [-0.4, -0.2) is 33.3 Å². The summed E-state index contributed by atoms with van der Waals surface area (Å²) in [5.74, 6) is 0.295. The van der Waals surface area contributed by atoms with E-state index in [9.17, 15) is 13.2 Å². The summed E-state index contributed by atoms with van der Waals surface area (Å²) in [5.41, 5.74) is 1.09. The molecule has 0 saturated carbocycles. The Bertz CT molecular complexity index is 795. The fourth-order valence-corrected chi connectivity index (χ4v) is 4.45. The SMILES string of the molecule is COC(=O)C(CSCc1ccccc1)NS(=O)(=O)c1ccc(Cl)cc1. The Balaban J connectivity index is 2.04. The number of rotatable bonds is 8. The van der Waals surface area contributed by atoms with E-state index in [-0.39, 0.29) is 10.6 Å². The summed E-state index contributed by atoms with van der Waals surface area (Å²) < 4.78 is 32.0. The molecule has 0 aliphatic carbocycles. The molecule has 5 nitrogen and oxygen atoms in total. The van der Waals surface area contributed by atoms with Crippen molar-refractivity contribution in [3.8, 4) is 0 Å². The highest BCUT2D eigenvalue weighted by molar-refractivity contribution is 7.98. The molecule has 8 heteroatoms. The molecule has 2 rings (SSSR count). The first kappa shape index (κ1) is 19.8. The monoisotopic (exact) mass is 399 g/mol. The summed E-state index contributed by atoms with van der Waals surface area (Å²) in [6.07, 6.45) is 0. The number of ether oxygens (including phenoxy) is 1. The number of hydrogen-bond acceptors (Lipinski definition) is 5. The van der Waals surface area contributed by atoms with E-state index < -0.39 is 22.0 Å². The second-order valence-electron chi connectivity index (χ2n) is 5.15. The Morgan fingerprint density at radius 3 is 2.40 bits per heavy atom. The van der Waals surface area contributed by atoms with E-state index in [0.29, 0.717) is 10.8 Å². The Hall–Kier alpha value is -1.54. The van der Waals surface area contributed by atoms with Gasteiger partial charge in [0.2, 0.25) is 10.0 Å². The van der Waals surface area contributed by atoms with Gasteiger partial charge in [-0.15, -0.1) is 0 Å². The standard InChI is InChI=1S/C17H18ClNO4S2/c1-23-17(20)16(12-24-11-13-5-3-2-4-6-13)19-25(21,22)15-9-7-14(18)8-10-15/h2-10,16,19H,11-12H2,1H3. The number of thioether (sulfide) groups is 1. The van der Waals surface area contributed by atoms with Crippen LogP contribution in [-0.2, 0) is 25.3 Å². The van der Waals surface area contributed by atoms with Crippen molar-refractivity contribution in [2.24, 2.45) is 0 Å². The topological polar surface area (TPSA) is 72.5 Å². The molecule has 0 amide bonds. The van der Waals surface area contributed by atoms with Crippen molar-refractivity contribution >= 4 is 39.4 Å². The van der Waals surface area contributed by atoms with E-state index in [0.717, 1.165) is 5.56 Å². The highest BCUT2D eigenvalue weighted by Crippen LogP contribution is 2.17. The number of methoxy groups -OCH3 is 1. The molecular weight excluding hydrogens is 382 g/mol. The lowest BCUT2D eigenvalue weighted by molar-refractivity contribution is -0.141. The molecule has 0 aliphatic heterocycles. The van der Waals surface area contributed by atoms with Gasteiger partial charge >= 0.3 is 5.97 Å². The van der Waals surface area contributed by atoms with Crippen LogP contribution in [0.5, 0.6) is 0 Å². The molecule has 0 bridgehead atoms. The average Bonchev–Trinajstić information content (AvgIpc) is 2.61. The first-order chi connectivity index (χ1) is 11.9. The van der Waals surface area contributed by atoms with Crippen LogP contribution in [0.2, 0.25) is 5.02 Å². The van der Waals surface area contributed by atoms with Crippen LogP contribution in [0, 0.1) is 0 Å². The highest BCUT2D eigenvalue weighted by Gasteiger charge is 2.26. The second-order valence-corrected chi connectivity index (χ2v) is 8.33. The zero-order valence-electron chi connectivity index (χ0n) is 13.5. The van der Waals surface area contributed by atoms with E-state index in [4.69, 9.17) is 16.3 Å². The molecule has 0 fully saturated rings. The van der Waals surface area contributed by atoms with Crippen molar-refractivity contribution in [1.82, 2.24) is 4.72 Å². The van der Waals surface area contributed by atoms with Gasteiger partial charge in [-0.2, -0.15) is 16.5 Å². The Morgan fingerprint density at radius 1 is 1.16 bits per heavy atom. The summed E-state index contributed by atoms with van der Waals surface area (Å²) >= 11 is 7.22. The molecule has 0 spiro atoms. The van der Waals surface area contributed by atoms with Gasteiger partial charge in [0.15, 0.2) is 0 Å². The van der Waals surface area contributed by atoms with Crippen LogP contribution >= 0.6 is 23.4 Å². The van der Waals surface area contributed by atoms with Crippen molar-refractivity contribution in [1.29, 1.82) is 0 Å². The number of halogens is 1. The molecule has 0 aliphatic rings. The molecule has 1 atom stereocenters. The number of carbonyl (C=O) groups is 1. The van der Waals surface area contributed by atoms with Gasteiger partial charge in [0.05, 0.1) is 12.0 Å². The number of hydrogen-bond donors (Lipinski definition) is 1. The van der Waals surface area contributed by atoms with E-state index >= 15 is 0 Å². The molecular formula is C17H18ClNO4S2. The summed E-state index contributed by atoms with van der Waals surface area (Å²) in [7, 11) is -2.62. The third-order valence-electron chi connectivity index (χ3n) is 3.30. The third kappa shape index (κ3) is 6.04. The first-order valence-corrected chi connectivity index (χ1v) is 10.4. The number of carbonyl (C=O) groups excluding carboxylic acids is 1. The Kier molecular flexibility index (Phi) is 7.31. The smallest absolute Gasteiger partial charge is 0.324 e. The maximum absolute atomic E-state index is 12.4. The van der Waals surface area contributed by atoms with Crippen molar-refractivity contribution in [2.45, 2.75) is 16.7 Å². The zero-order chi connectivity index (χ0) is 18.3. The summed E-state index contributed by atoms with van der Waals surface area (Å²) in [6, 6.07) is 14.5. The predicted molar refractivity (Wildman–Crippen MR) is 100 cm³/mol. The number of nitrogens with one attached hydrogen (secondary N) is 1. The quantitative estimate of drug-likeness (QED) is 0.690. The van der Waals surface area contributed by atoms with E-state index in [1.165, 1.54) is 43.1 Å². The summed E-state index contributed by atoms with van der Waals surface area (Å²) in [6.45, 7) is 0. The second kappa shape index (κ2) is 9.24. The lowest BCUT2D eigenvalue weighted by Gasteiger charge is -2.16. The molecule has 0 aromatic heterocycles. The fourth-order valence-electron chi connectivity index (χ4n) is 2.03. The highest BCUT2D eigenvalue weighted by atomic mass is 35.5. The largest absolute Gasteiger partial charge is 0.468 e. The minimum absolute atomic E-state index is 0.0406. The van der Waals surface area contributed by atoms with Crippen molar-refractivity contribution in [2.75, 3.05) is 12.9 Å². The van der Waals surface area contributed by atoms with Gasteiger partial charge in [-0.1, -0.05) is 41.9 Å². The number of benzene rings is 2. The van der Waals surface area contributed by atoms with Gasteiger partial charge < -0.3 is 4.74 Å². The van der Waals surface area contributed by atoms with Gasteiger partial charge in [-0.25, -0.2) is 8.42 Å². The maximum atomic E-state index is 12.4. The van der Waals surface area contributed by atoms with Gasteiger partial charge in [0, 0.05) is 16.5 Å². The molecule has 0 radical (unpaired) electrons. The Morgan fingerprint density at radius 2 is 1.80 bits per heavy atom. The molecule has 0 heterocycles. The molecule has 1 N–H and O–H groups in total. The molecule has 2 aromatic rings. The van der Waals surface area contributed by atoms with Crippen LogP contribution < -0.4 is 4.72 Å². The van der Waals surface area contributed by atoms with Crippen molar-refractivity contribution in [3.63, 3.8) is 0 Å². The lowest BCUT2D eigenvalue weighted by Crippen LogP contribution is -2.43. The van der Waals surface area contributed by atoms with Crippen LogP contribution in [0.3, 0.4) is 0 Å². The van der Waals surface area contributed by atoms with Crippen LogP contribution in [0.15, 0.2) is 59.5 Å². The molecule has 134 valence electrons. The van der Waals surface area contributed by atoms with Crippen molar-refractivity contribution < 1.29 is 17.9 Å². The van der Waals surface area contributed by atoms with Crippen LogP contribution in [0.1, 0.15) is 5.56 Å². The minimum atomic E-state index is -3.85. The number of sulfonamides is 1. The predicted octanol–water partition coefficient (Wildman–Crippen LogP) is 3.09.